The lowest BCUT2D eigenvalue weighted by molar-refractivity contribution is -0.384. The highest BCUT2D eigenvalue weighted by Gasteiger charge is 2.28. The Morgan fingerprint density at radius 1 is 1.32 bits per heavy atom. The number of anilines is 2. The number of benzene rings is 2. The molecule has 1 aliphatic rings. The van der Waals surface area contributed by atoms with Crippen molar-refractivity contribution < 1.29 is 14.5 Å². The maximum Gasteiger partial charge on any atom is 0.294 e. The lowest BCUT2D eigenvalue weighted by atomic mass is 10.0. The summed E-state index contributed by atoms with van der Waals surface area (Å²) in [6.07, 6.45) is 3.02. The van der Waals surface area contributed by atoms with Gasteiger partial charge in [0, 0.05) is 18.7 Å². The molecule has 7 nitrogen and oxygen atoms in total. The number of carbonyl (C=O) groups excluding carboxylic acids is 1. The predicted molar refractivity (Wildman–Crippen MR) is 110 cm³/mol. The monoisotopic (exact) mass is 403 g/mol. The van der Waals surface area contributed by atoms with Crippen molar-refractivity contribution in [2.45, 2.75) is 32.2 Å². The first kappa shape index (κ1) is 19.9. The quantitative estimate of drug-likeness (QED) is 0.567. The predicted octanol–water partition coefficient (Wildman–Crippen LogP) is 4.89. The molecule has 0 spiro atoms. The van der Waals surface area contributed by atoms with Gasteiger partial charge in [0.25, 0.3) is 11.6 Å². The number of hydrogen-bond donors (Lipinski definition) is 1. The van der Waals surface area contributed by atoms with Gasteiger partial charge in [-0.25, -0.2) is 0 Å². The fourth-order valence-corrected chi connectivity index (χ4v) is 3.71. The fourth-order valence-electron chi connectivity index (χ4n) is 3.50. The zero-order chi connectivity index (χ0) is 20.3. The Morgan fingerprint density at radius 3 is 2.75 bits per heavy atom. The van der Waals surface area contributed by atoms with Crippen molar-refractivity contribution in [1.82, 2.24) is 0 Å². The van der Waals surface area contributed by atoms with Crippen LogP contribution in [0.15, 0.2) is 36.4 Å². The number of rotatable bonds is 5. The number of nitro groups is 1. The Bertz CT molecular complexity index is 903. The highest BCUT2D eigenvalue weighted by atomic mass is 35.5. The molecule has 1 N–H and O–H groups in total. The molecule has 8 heteroatoms. The molecule has 2 aromatic rings. The van der Waals surface area contributed by atoms with Crippen LogP contribution in [0.25, 0.3) is 0 Å². The second-order valence-electron chi connectivity index (χ2n) is 6.77. The van der Waals surface area contributed by atoms with Crippen LogP contribution in [0.2, 0.25) is 5.02 Å². The molecule has 2 aromatic carbocycles. The van der Waals surface area contributed by atoms with Gasteiger partial charge in [-0.05, 0) is 44.4 Å². The van der Waals surface area contributed by atoms with Crippen molar-refractivity contribution in [2.75, 3.05) is 23.9 Å². The summed E-state index contributed by atoms with van der Waals surface area (Å²) < 4.78 is 5.23. The number of nitro benzene ring substituents is 1. The molecule has 1 aliphatic heterocycles. The summed E-state index contributed by atoms with van der Waals surface area (Å²) in [5, 5.41) is 14.5. The smallest absolute Gasteiger partial charge is 0.294 e. The maximum absolute atomic E-state index is 12.7. The minimum Gasteiger partial charge on any atom is -0.496 e. The first-order chi connectivity index (χ1) is 13.4. The van der Waals surface area contributed by atoms with Gasteiger partial charge in [-0.15, -0.1) is 0 Å². The molecule has 1 atom stereocenters. The van der Waals surface area contributed by atoms with Crippen LogP contribution in [0.3, 0.4) is 0 Å². The fraction of sp³-hybridized carbons (Fsp3) is 0.350. The van der Waals surface area contributed by atoms with Gasteiger partial charge in [0.15, 0.2) is 0 Å². The number of para-hydroxylation sites is 1. The van der Waals surface area contributed by atoms with Crippen LogP contribution in [0.1, 0.15) is 36.5 Å². The average molecular weight is 404 g/mol. The number of methoxy groups -OCH3 is 1. The Morgan fingerprint density at radius 2 is 2.07 bits per heavy atom. The third-order valence-electron chi connectivity index (χ3n) is 4.97. The number of hydrogen-bond acceptors (Lipinski definition) is 5. The van der Waals surface area contributed by atoms with Crippen molar-refractivity contribution >= 4 is 34.6 Å². The molecule has 3 rings (SSSR count). The van der Waals surface area contributed by atoms with Crippen LogP contribution < -0.4 is 15.0 Å². The number of amides is 1. The summed E-state index contributed by atoms with van der Waals surface area (Å²) in [6.45, 7) is 2.77. The van der Waals surface area contributed by atoms with E-state index in [1.165, 1.54) is 13.2 Å². The van der Waals surface area contributed by atoms with E-state index in [0.29, 0.717) is 22.7 Å². The Hall–Kier alpha value is -2.80. The lowest BCUT2D eigenvalue weighted by Gasteiger charge is -2.35. The molecule has 0 aliphatic carbocycles. The van der Waals surface area contributed by atoms with Crippen LogP contribution in [0.5, 0.6) is 5.75 Å². The SMILES string of the molecule is COc1ccccc1C(=O)Nc1cc(N2CCCCC2C)c([N+](=O)[O-])cc1Cl. The molecule has 1 saturated heterocycles. The summed E-state index contributed by atoms with van der Waals surface area (Å²) in [7, 11) is 1.49. The lowest BCUT2D eigenvalue weighted by Crippen LogP contribution is -2.37. The van der Waals surface area contributed by atoms with Gasteiger partial charge in [0.05, 0.1) is 28.3 Å². The summed E-state index contributed by atoms with van der Waals surface area (Å²) >= 11 is 6.26. The number of halogens is 1. The number of carbonyl (C=O) groups is 1. The minimum atomic E-state index is -0.436. The summed E-state index contributed by atoms with van der Waals surface area (Å²) in [5.41, 5.74) is 1.09. The molecular weight excluding hydrogens is 382 g/mol. The van der Waals surface area contributed by atoms with E-state index >= 15 is 0 Å². The summed E-state index contributed by atoms with van der Waals surface area (Å²) in [6, 6.07) is 9.89. The second kappa shape index (κ2) is 8.48. The van der Waals surface area contributed by atoms with Crippen molar-refractivity contribution in [3.05, 3.63) is 57.1 Å². The molecule has 0 radical (unpaired) electrons. The van der Waals surface area contributed by atoms with Gasteiger partial charge in [-0.1, -0.05) is 23.7 Å². The molecule has 1 heterocycles. The van der Waals surface area contributed by atoms with Crippen LogP contribution >= 0.6 is 11.6 Å². The van der Waals surface area contributed by atoms with E-state index < -0.39 is 10.8 Å². The third-order valence-corrected chi connectivity index (χ3v) is 5.29. The van der Waals surface area contributed by atoms with Crippen LogP contribution in [-0.4, -0.2) is 30.5 Å². The molecule has 0 bridgehead atoms. The number of nitrogens with one attached hydrogen (secondary N) is 1. The van der Waals surface area contributed by atoms with Crippen molar-refractivity contribution in [3.8, 4) is 5.75 Å². The maximum atomic E-state index is 12.7. The minimum absolute atomic E-state index is 0.0611. The van der Waals surface area contributed by atoms with Crippen molar-refractivity contribution in [3.63, 3.8) is 0 Å². The van der Waals surface area contributed by atoms with E-state index in [9.17, 15) is 14.9 Å². The number of ether oxygens (including phenoxy) is 1. The van der Waals surface area contributed by atoms with Crippen LogP contribution in [0.4, 0.5) is 17.1 Å². The topological polar surface area (TPSA) is 84.7 Å². The van der Waals surface area contributed by atoms with E-state index in [4.69, 9.17) is 16.3 Å². The summed E-state index contributed by atoms with van der Waals surface area (Å²) in [5.74, 6) is 0.0359. The van der Waals surface area contributed by atoms with E-state index in [0.717, 1.165) is 25.8 Å². The summed E-state index contributed by atoms with van der Waals surface area (Å²) in [4.78, 5) is 25.9. The molecule has 1 fully saturated rings. The normalized spacial score (nSPS) is 16.5. The van der Waals surface area contributed by atoms with Crippen molar-refractivity contribution in [2.24, 2.45) is 0 Å². The largest absolute Gasteiger partial charge is 0.496 e. The van der Waals surface area contributed by atoms with E-state index in [2.05, 4.69) is 5.32 Å². The van der Waals surface area contributed by atoms with Gasteiger partial charge in [0.1, 0.15) is 11.4 Å². The number of nitrogens with zero attached hydrogens (tertiary/aromatic N) is 2. The van der Waals surface area contributed by atoms with E-state index in [1.54, 1.807) is 30.3 Å². The van der Waals surface area contributed by atoms with E-state index in [1.807, 2.05) is 11.8 Å². The molecule has 0 saturated carbocycles. The van der Waals surface area contributed by atoms with Crippen LogP contribution in [0, 0.1) is 10.1 Å². The molecule has 148 valence electrons. The zero-order valence-electron chi connectivity index (χ0n) is 15.8. The zero-order valence-corrected chi connectivity index (χ0v) is 16.5. The van der Waals surface area contributed by atoms with Crippen LogP contribution in [-0.2, 0) is 0 Å². The average Bonchev–Trinajstić information content (AvgIpc) is 2.69. The molecule has 1 amide bonds. The highest BCUT2D eigenvalue weighted by molar-refractivity contribution is 6.34. The number of piperidine rings is 1. The molecule has 28 heavy (non-hydrogen) atoms. The first-order valence-electron chi connectivity index (χ1n) is 9.11. The van der Waals surface area contributed by atoms with Gasteiger partial charge in [-0.3, -0.25) is 14.9 Å². The molecule has 1 unspecified atom stereocenters. The first-order valence-corrected chi connectivity index (χ1v) is 9.49. The standard InChI is InChI=1S/C20H22ClN3O4/c1-13-7-5-6-10-23(13)17-12-16(15(21)11-18(17)24(26)27)22-20(25)14-8-3-4-9-19(14)28-2/h3-4,8-9,11-13H,5-7,10H2,1-2H3,(H,22,25). The molecule has 0 aromatic heterocycles. The molecular formula is C20H22ClN3O4. The Labute approximate surface area is 168 Å². The Kier molecular flexibility index (Phi) is 6.04. The van der Waals surface area contributed by atoms with Gasteiger partial charge < -0.3 is 15.0 Å². The van der Waals surface area contributed by atoms with Gasteiger partial charge in [-0.2, -0.15) is 0 Å². The van der Waals surface area contributed by atoms with Gasteiger partial charge in [0.2, 0.25) is 0 Å². The third kappa shape index (κ3) is 4.04. The Balaban J connectivity index is 1.98. The second-order valence-corrected chi connectivity index (χ2v) is 7.18. The van der Waals surface area contributed by atoms with Crippen molar-refractivity contribution in [1.29, 1.82) is 0 Å². The van der Waals surface area contributed by atoms with Gasteiger partial charge >= 0.3 is 0 Å². The highest BCUT2D eigenvalue weighted by Crippen LogP contribution is 2.39. The van der Waals surface area contributed by atoms with E-state index in [-0.39, 0.29) is 16.8 Å².